The minimum Gasteiger partial charge on any atom is -0.441 e. The van der Waals surface area contributed by atoms with Crippen molar-refractivity contribution in [1.29, 1.82) is 0 Å². The summed E-state index contributed by atoms with van der Waals surface area (Å²) in [5, 5.41) is 5.92. The van der Waals surface area contributed by atoms with Gasteiger partial charge in [-0.25, -0.2) is 19.2 Å². The van der Waals surface area contributed by atoms with E-state index < -0.39 is 12.2 Å². The zero-order valence-corrected chi connectivity index (χ0v) is 17.0. The largest absolute Gasteiger partial charge is 0.441 e. The van der Waals surface area contributed by atoms with Crippen molar-refractivity contribution in [1.82, 2.24) is 9.97 Å². The van der Waals surface area contributed by atoms with Crippen molar-refractivity contribution in [2.75, 3.05) is 23.8 Å². The van der Waals surface area contributed by atoms with Gasteiger partial charge in [-0.1, -0.05) is 30.3 Å². The number of carbonyl (C=O) groups is 1. The summed E-state index contributed by atoms with van der Waals surface area (Å²) in [4.78, 5) is 21.0. The van der Waals surface area contributed by atoms with E-state index in [2.05, 4.69) is 20.6 Å². The predicted molar refractivity (Wildman–Crippen MR) is 115 cm³/mol. The maximum Gasteiger partial charge on any atom is 0.412 e. The molecule has 0 unspecified atom stereocenters. The Balaban J connectivity index is 1.21. The number of rotatable bonds is 5. The standard InChI is InChI=1S/C23H21FN4O4/c24-15-6-4-5-14(11-15)17-9-10-25-22(27-17)28-18-12-30-21-19(13-31-20(18)21)32-23(29)26-16-7-2-1-3-8-16/h1-11,18-21H,12-13H2,(H,26,29)(H,25,27,28)/t18-,19+,20+,21+/m0/s1. The molecular formula is C23H21FN4O4. The lowest BCUT2D eigenvalue weighted by Crippen LogP contribution is -2.38. The molecule has 2 aromatic carbocycles. The molecule has 8 nitrogen and oxygen atoms in total. The van der Waals surface area contributed by atoms with Gasteiger partial charge in [-0.3, -0.25) is 5.32 Å². The highest BCUT2D eigenvalue weighted by molar-refractivity contribution is 5.84. The normalized spacial score (nSPS) is 24.0. The van der Waals surface area contributed by atoms with Crippen LogP contribution in [0.4, 0.5) is 20.8 Å². The van der Waals surface area contributed by atoms with Crippen LogP contribution in [0.5, 0.6) is 0 Å². The van der Waals surface area contributed by atoms with E-state index in [1.54, 1.807) is 36.5 Å². The smallest absolute Gasteiger partial charge is 0.412 e. The molecule has 2 N–H and O–H groups in total. The molecule has 2 aliphatic heterocycles. The lowest BCUT2D eigenvalue weighted by atomic mass is 10.1. The van der Waals surface area contributed by atoms with E-state index >= 15 is 0 Å². The highest BCUT2D eigenvalue weighted by Gasteiger charge is 2.49. The number of ether oxygens (including phenoxy) is 3. The van der Waals surface area contributed by atoms with Crippen LogP contribution >= 0.6 is 0 Å². The number of nitrogens with zero attached hydrogens (tertiary/aromatic N) is 2. The third-order valence-corrected chi connectivity index (χ3v) is 5.38. The van der Waals surface area contributed by atoms with Gasteiger partial charge in [0, 0.05) is 17.4 Å². The van der Waals surface area contributed by atoms with Gasteiger partial charge in [0.05, 0.1) is 24.9 Å². The van der Waals surface area contributed by atoms with Crippen LogP contribution < -0.4 is 10.6 Å². The van der Waals surface area contributed by atoms with Crippen molar-refractivity contribution in [2.45, 2.75) is 24.4 Å². The molecule has 0 spiro atoms. The van der Waals surface area contributed by atoms with Crippen molar-refractivity contribution in [3.05, 3.63) is 72.7 Å². The summed E-state index contributed by atoms with van der Waals surface area (Å²) in [7, 11) is 0. The number of para-hydroxylation sites is 1. The van der Waals surface area contributed by atoms with Crippen LogP contribution in [-0.2, 0) is 14.2 Å². The molecule has 0 radical (unpaired) electrons. The van der Waals surface area contributed by atoms with Crippen molar-refractivity contribution >= 4 is 17.7 Å². The SMILES string of the molecule is O=C(Nc1ccccc1)O[C@@H]1CO[C@H]2[C@@H]1OC[C@@H]2Nc1nccc(-c2cccc(F)c2)n1. The van der Waals surface area contributed by atoms with Gasteiger partial charge >= 0.3 is 6.09 Å². The Morgan fingerprint density at radius 1 is 1.03 bits per heavy atom. The fourth-order valence-corrected chi connectivity index (χ4v) is 3.90. The van der Waals surface area contributed by atoms with E-state index in [-0.39, 0.29) is 30.7 Å². The first-order valence-corrected chi connectivity index (χ1v) is 10.3. The van der Waals surface area contributed by atoms with E-state index in [4.69, 9.17) is 14.2 Å². The van der Waals surface area contributed by atoms with Gasteiger partial charge < -0.3 is 19.5 Å². The van der Waals surface area contributed by atoms with Gasteiger partial charge in [-0.05, 0) is 30.3 Å². The summed E-state index contributed by atoms with van der Waals surface area (Å²) >= 11 is 0. The average Bonchev–Trinajstić information content (AvgIpc) is 3.38. The molecule has 4 atom stereocenters. The second-order valence-corrected chi connectivity index (χ2v) is 7.56. The molecule has 9 heteroatoms. The molecule has 2 saturated heterocycles. The predicted octanol–water partition coefficient (Wildman–Crippen LogP) is 3.48. The van der Waals surface area contributed by atoms with Gasteiger partial charge in [-0.15, -0.1) is 0 Å². The van der Waals surface area contributed by atoms with E-state index in [0.29, 0.717) is 29.5 Å². The third kappa shape index (κ3) is 4.39. The molecule has 0 bridgehead atoms. The molecule has 0 saturated carbocycles. The Hall–Kier alpha value is -3.56. The number of fused-ring (bicyclic) bond motifs is 1. The second-order valence-electron chi connectivity index (χ2n) is 7.56. The Bertz CT molecular complexity index is 1100. The van der Waals surface area contributed by atoms with E-state index in [9.17, 15) is 9.18 Å². The van der Waals surface area contributed by atoms with Crippen LogP contribution in [-0.4, -0.2) is 53.6 Å². The van der Waals surface area contributed by atoms with Gasteiger partial charge in [0.25, 0.3) is 0 Å². The number of halogens is 1. The zero-order chi connectivity index (χ0) is 21.9. The molecule has 1 amide bonds. The zero-order valence-electron chi connectivity index (χ0n) is 17.0. The number of nitrogens with one attached hydrogen (secondary N) is 2. The van der Waals surface area contributed by atoms with Crippen molar-refractivity contribution < 1.29 is 23.4 Å². The molecule has 3 aromatic rings. The highest BCUT2D eigenvalue weighted by Crippen LogP contribution is 2.30. The number of carbonyl (C=O) groups excluding carboxylic acids is 1. The number of hydrogen-bond acceptors (Lipinski definition) is 7. The van der Waals surface area contributed by atoms with E-state index in [0.717, 1.165) is 0 Å². The molecule has 0 aliphatic carbocycles. The Morgan fingerprint density at radius 3 is 2.72 bits per heavy atom. The summed E-state index contributed by atoms with van der Waals surface area (Å²) in [5.41, 5.74) is 1.91. The molecule has 2 aliphatic rings. The maximum atomic E-state index is 13.5. The second kappa shape index (κ2) is 8.89. The first kappa shape index (κ1) is 20.3. The number of benzene rings is 2. The lowest BCUT2D eigenvalue weighted by Gasteiger charge is -2.18. The number of aromatic nitrogens is 2. The highest BCUT2D eigenvalue weighted by atomic mass is 19.1. The molecular weight excluding hydrogens is 415 g/mol. The topological polar surface area (TPSA) is 94.6 Å². The fourth-order valence-electron chi connectivity index (χ4n) is 3.90. The minimum absolute atomic E-state index is 0.214. The van der Waals surface area contributed by atoms with E-state index in [1.165, 1.54) is 12.1 Å². The Labute approximate surface area is 183 Å². The van der Waals surface area contributed by atoms with Crippen molar-refractivity contribution in [3.63, 3.8) is 0 Å². The summed E-state index contributed by atoms with van der Waals surface area (Å²) in [6.45, 7) is 0.586. The van der Waals surface area contributed by atoms with Crippen molar-refractivity contribution in [3.8, 4) is 11.3 Å². The van der Waals surface area contributed by atoms with Crippen LogP contribution in [0, 0.1) is 5.82 Å². The van der Waals surface area contributed by atoms with Crippen LogP contribution in [0.3, 0.4) is 0 Å². The van der Waals surface area contributed by atoms with Crippen molar-refractivity contribution in [2.24, 2.45) is 0 Å². The van der Waals surface area contributed by atoms with Gasteiger partial charge in [0.15, 0.2) is 6.10 Å². The Kier molecular flexibility index (Phi) is 5.66. The summed E-state index contributed by atoms with van der Waals surface area (Å²) in [6, 6.07) is 16.8. The number of amides is 1. The first-order chi connectivity index (χ1) is 15.7. The van der Waals surface area contributed by atoms with Crippen LogP contribution in [0.25, 0.3) is 11.3 Å². The molecule has 2 fully saturated rings. The summed E-state index contributed by atoms with van der Waals surface area (Å²) < 4.78 is 30.8. The first-order valence-electron chi connectivity index (χ1n) is 10.3. The molecule has 3 heterocycles. The van der Waals surface area contributed by atoms with E-state index in [1.807, 2.05) is 18.2 Å². The fraction of sp³-hybridized carbons (Fsp3) is 0.261. The van der Waals surface area contributed by atoms with Gasteiger partial charge in [0.2, 0.25) is 5.95 Å². The van der Waals surface area contributed by atoms with Crippen LogP contribution in [0.1, 0.15) is 0 Å². The third-order valence-electron chi connectivity index (χ3n) is 5.38. The number of anilines is 2. The monoisotopic (exact) mass is 436 g/mol. The van der Waals surface area contributed by atoms with Gasteiger partial charge in [-0.2, -0.15) is 0 Å². The van der Waals surface area contributed by atoms with Gasteiger partial charge in [0.1, 0.15) is 18.0 Å². The Morgan fingerprint density at radius 2 is 1.88 bits per heavy atom. The lowest BCUT2D eigenvalue weighted by molar-refractivity contribution is 0.00917. The molecule has 164 valence electrons. The maximum absolute atomic E-state index is 13.5. The summed E-state index contributed by atoms with van der Waals surface area (Å²) in [6.07, 6.45) is -0.170. The minimum atomic E-state index is -0.559. The average molecular weight is 436 g/mol. The molecule has 32 heavy (non-hydrogen) atoms. The molecule has 5 rings (SSSR count). The number of hydrogen-bond donors (Lipinski definition) is 2. The quantitative estimate of drug-likeness (QED) is 0.632. The molecule has 1 aromatic heterocycles. The summed E-state index contributed by atoms with van der Waals surface area (Å²) in [5.74, 6) is 0.0557. The van der Waals surface area contributed by atoms with Crippen LogP contribution in [0.15, 0.2) is 66.9 Å². The van der Waals surface area contributed by atoms with Crippen LogP contribution in [0.2, 0.25) is 0 Å².